The summed E-state index contributed by atoms with van der Waals surface area (Å²) in [6.07, 6.45) is 0. The van der Waals surface area contributed by atoms with Gasteiger partial charge in [0.25, 0.3) is 0 Å². The molecule has 5 N–H and O–H groups in total. The Morgan fingerprint density at radius 3 is 2.42 bits per heavy atom. The van der Waals surface area contributed by atoms with Crippen LogP contribution >= 0.6 is 11.6 Å². The van der Waals surface area contributed by atoms with Gasteiger partial charge in [0.05, 0.1) is 23.8 Å². The van der Waals surface area contributed by atoms with Crippen molar-refractivity contribution in [1.29, 1.82) is 0 Å². The van der Waals surface area contributed by atoms with Crippen LogP contribution in [0.4, 0.5) is 5.69 Å². The lowest BCUT2D eigenvalue weighted by Crippen LogP contribution is -2.52. The fraction of sp³-hybridized carbons (Fsp3) is 0.438. The monoisotopic (exact) mass is 354 g/mol. The number of carbonyl (C=O) groups is 3. The number of hydrogen-bond acceptors (Lipinski definition) is 4. The van der Waals surface area contributed by atoms with Gasteiger partial charge in [-0.1, -0.05) is 31.5 Å². The molecule has 0 aliphatic rings. The van der Waals surface area contributed by atoms with E-state index in [1.807, 2.05) is 13.0 Å². The summed E-state index contributed by atoms with van der Waals surface area (Å²) in [4.78, 5) is 35.4. The van der Waals surface area contributed by atoms with E-state index in [1.165, 1.54) is 0 Å². The van der Waals surface area contributed by atoms with Gasteiger partial charge < -0.3 is 21.7 Å². The van der Waals surface area contributed by atoms with Gasteiger partial charge in [-0.2, -0.15) is 0 Å². The predicted octanol–water partition coefficient (Wildman–Crippen LogP) is 0.803. The molecule has 0 aromatic heterocycles. The zero-order chi connectivity index (χ0) is 18.3. The van der Waals surface area contributed by atoms with Gasteiger partial charge in [0.15, 0.2) is 0 Å². The van der Waals surface area contributed by atoms with Gasteiger partial charge in [-0.15, -0.1) is 0 Å². The normalized spacial score (nSPS) is 11.8. The van der Waals surface area contributed by atoms with Crippen molar-refractivity contribution in [3.05, 3.63) is 28.8 Å². The molecule has 0 fully saturated rings. The first-order chi connectivity index (χ1) is 11.2. The molecular weight excluding hydrogens is 332 g/mol. The van der Waals surface area contributed by atoms with Gasteiger partial charge in [0.1, 0.15) is 6.04 Å². The molecule has 0 spiro atoms. The maximum atomic E-state index is 12.1. The second-order valence-corrected chi connectivity index (χ2v) is 6.15. The van der Waals surface area contributed by atoms with E-state index in [4.69, 9.17) is 17.3 Å². The summed E-state index contributed by atoms with van der Waals surface area (Å²) in [5.41, 5.74) is 6.68. The third-order valence-electron chi connectivity index (χ3n) is 3.27. The predicted molar refractivity (Wildman–Crippen MR) is 93.7 cm³/mol. The first-order valence-corrected chi connectivity index (χ1v) is 7.95. The van der Waals surface area contributed by atoms with E-state index in [0.717, 1.165) is 5.56 Å². The van der Waals surface area contributed by atoms with Gasteiger partial charge in [-0.3, -0.25) is 14.4 Å². The van der Waals surface area contributed by atoms with Gasteiger partial charge in [0, 0.05) is 0 Å². The number of benzene rings is 1. The maximum absolute atomic E-state index is 12.1. The van der Waals surface area contributed by atoms with Crippen LogP contribution in [0.3, 0.4) is 0 Å². The standard InChI is InChI=1S/C16H23ClN4O3/c1-9(2)15(21-13(22)7-18)16(24)19-8-14(23)20-12-5-4-10(3)6-11(12)17/h4-6,9,15H,7-8,18H2,1-3H3,(H,19,24)(H,20,23)(H,21,22)/t15-/m1/s1. The van der Waals surface area contributed by atoms with Crippen LogP contribution in [0.2, 0.25) is 5.02 Å². The molecule has 1 atom stereocenters. The van der Waals surface area contributed by atoms with E-state index in [1.54, 1.807) is 26.0 Å². The fourth-order valence-corrected chi connectivity index (χ4v) is 2.24. The molecule has 0 radical (unpaired) electrons. The van der Waals surface area contributed by atoms with Crippen LogP contribution in [0, 0.1) is 12.8 Å². The molecule has 24 heavy (non-hydrogen) atoms. The summed E-state index contributed by atoms with van der Waals surface area (Å²) in [7, 11) is 0. The minimum atomic E-state index is -0.753. The number of halogens is 1. The van der Waals surface area contributed by atoms with Crippen LogP contribution in [0.1, 0.15) is 19.4 Å². The van der Waals surface area contributed by atoms with Crippen LogP contribution in [0.25, 0.3) is 0 Å². The van der Waals surface area contributed by atoms with Crippen LogP contribution in [0.5, 0.6) is 0 Å². The molecule has 0 saturated heterocycles. The molecule has 1 aromatic carbocycles. The minimum absolute atomic E-state index is 0.143. The highest BCUT2D eigenvalue weighted by atomic mass is 35.5. The third kappa shape index (κ3) is 6.17. The van der Waals surface area contributed by atoms with Crippen LogP contribution < -0.4 is 21.7 Å². The summed E-state index contributed by atoms with van der Waals surface area (Å²) < 4.78 is 0. The van der Waals surface area contributed by atoms with Crippen LogP contribution in [-0.2, 0) is 14.4 Å². The average molecular weight is 355 g/mol. The molecule has 0 bridgehead atoms. The van der Waals surface area contributed by atoms with Crippen molar-refractivity contribution in [2.45, 2.75) is 26.8 Å². The molecule has 3 amide bonds. The highest BCUT2D eigenvalue weighted by Crippen LogP contribution is 2.22. The lowest BCUT2D eigenvalue weighted by Gasteiger charge is -2.21. The Morgan fingerprint density at radius 1 is 1.21 bits per heavy atom. The average Bonchev–Trinajstić information content (AvgIpc) is 2.52. The van der Waals surface area contributed by atoms with Gasteiger partial charge in [0.2, 0.25) is 17.7 Å². The lowest BCUT2D eigenvalue weighted by atomic mass is 10.0. The Bertz CT molecular complexity index is 619. The second-order valence-electron chi connectivity index (χ2n) is 5.74. The third-order valence-corrected chi connectivity index (χ3v) is 3.59. The number of amides is 3. The van der Waals surface area contributed by atoms with Crippen LogP contribution in [-0.4, -0.2) is 36.9 Å². The summed E-state index contributed by atoms with van der Waals surface area (Å²) in [6.45, 7) is 5.02. The number of anilines is 1. The topological polar surface area (TPSA) is 113 Å². The number of aryl methyl sites for hydroxylation is 1. The molecule has 0 unspecified atom stereocenters. The molecule has 8 heteroatoms. The van der Waals surface area contributed by atoms with E-state index in [9.17, 15) is 14.4 Å². The molecule has 1 aromatic rings. The number of carbonyl (C=O) groups excluding carboxylic acids is 3. The Labute approximate surface area is 146 Å². The van der Waals surface area contributed by atoms with Crippen molar-refractivity contribution in [3.63, 3.8) is 0 Å². The first-order valence-electron chi connectivity index (χ1n) is 7.57. The highest BCUT2D eigenvalue weighted by molar-refractivity contribution is 6.33. The number of nitrogens with two attached hydrogens (primary N) is 1. The number of hydrogen-bond donors (Lipinski definition) is 4. The van der Waals surface area contributed by atoms with Crippen molar-refractivity contribution in [2.75, 3.05) is 18.4 Å². The molecule has 1 rings (SSSR count). The Hall–Kier alpha value is -2.12. The zero-order valence-corrected chi connectivity index (χ0v) is 14.7. The molecule has 0 aliphatic carbocycles. The summed E-state index contributed by atoms with van der Waals surface area (Å²) in [6, 6.07) is 4.48. The van der Waals surface area contributed by atoms with Crippen molar-refractivity contribution in [2.24, 2.45) is 11.7 Å². The number of nitrogens with one attached hydrogen (secondary N) is 3. The Morgan fingerprint density at radius 2 is 1.88 bits per heavy atom. The molecule has 0 aliphatic heterocycles. The van der Waals surface area contributed by atoms with Gasteiger partial charge >= 0.3 is 0 Å². The van der Waals surface area contributed by atoms with E-state index >= 15 is 0 Å². The molecule has 0 heterocycles. The van der Waals surface area contributed by atoms with Crippen molar-refractivity contribution in [3.8, 4) is 0 Å². The van der Waals surface area contributed by atoms with Crippen molar-refractivity contribution in [1.82, 2.24) is 10.6 Å². The second kappa shape index (κ2) is 9.24. The van der Waals surface area contributed by atoms with Gasteiger partial charge in [-0.25, -0.2) is 0 Å². The Kier molecular flexibility index (Phi) is 7.67. The van der Waals surface area contributed by atoms with Crippen molar-refractivity contribution >= 4 is 35.0 Å². The van der Waals surface area contributed by atoms with E-state index < -0.39 is 23.8 Å². The van der Waals surface area contributed by atoms with Crippen LogP contribution in [0.15, 0.2) is 18.2 Å². The minimum Gasteiger partial charge on any atom is -0.345 e. The molecule has 7 nitrogen and oxygen atoms in total. The van der Waals surface area contributed by atoms with Crippen molar-refractivity contribution < 1.29 is 14.4 Å². The highest BCUT2D eigenvalue weighted by Gasteiger charge is 2.24. The fourth-order valence-electron chi connectivity index (χ4n) is 1.96. The van der Waals surface area contributed by atoms with E-state index in [-0.39, 0.29) is 19.0 Å². The van der Waals surface area contributed by atoms with E-state index in [0.29, 0.717) is 10.7 Å². The van der Waals surface area contributed by atoms with Gasteiger partial charge in [-0.05, 0) is 30.5 Å². The number of rotatable bonds is 7. The smallest absolute Gasteiger partial charge is 0.243 e. The SMILES string of the molecule is Cc1ccc(NC(=O)CNC(=O)[C@H](NC(=O)CN)C(C)C)c(Cl)c1. The maximum Gasteiger partial charge on any atom is 0.243 e. The van der Waals surface area contributed by atoms with E-state index in [2.05, 4.69) is 16.0 Å². The summed E-state index contributed by atoms with van der Waals surface area (Å²) >= 11 is 6.04. The summed E-state index contributed by atoms with van der Waals surface area (Å²) in [5.74, 6) is -1.44. The zero-order valence-electron chi connectivity index (χ0n) is 14.0. The largest absolute Gasteiger partial charge is 0.345 e. The summed E-state index contributed by atoms with van der Waals surface area (Å²) in [5, 5.41) is 8.06. The molecule has 132 valence electrons. The Balaban J connectivity index is 2.58. The lowest BCUT2D eigenvalue weighted by molar-refractivity contribution is -0.130. The quantitative estimate of drug-likeness (QED) is 0.580. The molecule has 0 saturated carbocycles. The first kappa shape index (κ1) is 19.9. The molecular formula is C16H23ClN4O3.